The minimum atomic E-state index is -2.50. The van der Waals surface area contributed by atoms with Crippen LogP contribution in [0.5, 0.6) is 0 Å². The average molecular weight is 814 g/mol. The van der Waals surface area contributed by atoms with Crippen LogP contribution in [0.1, 0.15) is 58.1 Å². The number of fused-ring (bicyclic) bond motifs is 6. The first-order valence-corrected chi connectivity index (χ1v) is 15.2. The number of nitrogens with zero attached hydrogens (tertiary/aromatic N) is 2. The van der Waals surface area contributed by atoms with Crippen molar-refractivity contribution < 1.29 is 39.6 Å². The Labute approximate surface area is 311 Å². The van der Waals surface area contributed by atoms with Crippen LogP contribution in [0, 0.1) is 38.1 Å². The van der Waals surface area contributed by atoms with Crippen molar-refractivity contribution in [1.82, 2.24) is 9.97 Å². The Balaban J connectivity index is 0.000000236. The first-order chi connectivity index (χ1) is 27.0. The van der Waals surface area contributed by atoms with Gasteiger partial charge < -0.3 is 14.4 Å². The smallest absolute Gasteiger partial charge is 0.121 e. The monoisotopic (exact) mass is 814 g/mol. The van der Waals surface area contributed by atoms with Gasteiger partial charge in [-0.25, -0.2) is 0 Å². The number of hydrogen-bond donors (Lipinski definition) is 0. The fraction of sp³-hybridized carbons (Fsp3) is 0.182. The average Bonchev–Trinajstić information content (AvgIpc) is 3.53. The van der Waals surface area contributed by atoms with E-state index in [1.165, 1.54) is 30.6 Å². The molecule has 0 atom stereocenters. The van der Waals surface area contributed by atoms with E-state index in [-0.39, 0.29) is 42.4 Å². The number of rotatable bonds is 3. The minimum Gasteiger partial charge on any atom is -0.501 e. The molecule has 0 aliphatic carbocycles. The quantitative estimate of drug-likeness (QED) is 0.132. The van der Waals surface area contributed by atoms with E-state index in [1.807, 2.05) is 18.2 Å². The third-order valence-corrected chi connectivity index (χ3v) is 7.82. The van der Waals surface area contributed by atoms with E-state index in [9.17, 15) is 0 Å². The maximum Gasteiger partial charge on any atom is 0.121 e. The Hall–Kier alpha value is -4.63. The molecule has 241 valence electrons. The molecular weight excluding hydrogens is 765 g/mol. The van der Waals surface area contributed by atoms with Gasteiger partial charge in [-0.1, -0.05) is 98.7 Å². The molecule has 3 aromatic heterocycles. The topological polar surface area (TPSA) is 38.9 Å². The molecule has 8 aromatic rings. The molecule has 0 saturated carbocycles. The van der Waals surface area contributed by atoms with Gasteiger partial charge >= 0.3 is 0 Å². The van der Waals surface area contributed by atoms with E-state index in [0.29, 0.717) is 28.1 Å². The van der Waals surface area contributed by atoms with E-state index in [1.54, 1.807) is 45.0 Å². The summed E-state index contributed by atoms with van der Waals surface area (Å²) in [4.78, 5) is 8.55. The van der Waals surface area contributed by atoms with Crippen molar-refractivity contribution in [1.29, 1.82) is 0 Å². The summed E-state index contributed by atoms with van der Waals surface area (Å²) in [5, 5.41) is 6.36. The molecule has 5 aromatic carbocycles. The van der Waals surface area contributed by atoms with E-state index in [0.717, 1.165) is 37.9 Å². The molecule has 0 fully saturated rings. The van der Waals surface area contributed by atoms with Gasteiger partial charge in [-0.05, 0) is 81.7 Å². The summed E-state index contributed by atoms with van der Waals surface area (Å²) in [6.07, 6.45) is 0.653. The number of furan rings is 1. The second kappa shape index (κ2) is 13.5. The van der Waals surface area contributed by atoms with Crippen molar-refractivity contribution in [3.8, 4) is 22.5 Å². The van der Waals surface area contributed by atoms with Gasteiger partial charge in [0.2, 0.25) is 0 Å². The molecule has 0 spiro atoms. The molecule has 1 radical (unpaired) electrons. The molecule has 0 unspecified atom stereocenters. The third-order valence-electron chi connectivity index (χ3n) is 7.82. The summed E-state index contributed by atoms with van der Waals surface area (Å²) < 4.78 is 91.8. The van der Waals surface area contributed by atoms with Crippen molar-refractivity contribution in [3.05, 3.63) is 144 Å². The third kappa shape index (κ3) is 6.83. The summed E-state index contributed by atoms with van der Waals surface area (Å²) in [5.74, 6) is 0. The van der Waals surface area contributed by atoms with Gasteiger partial charge in [-0.3, -0.25) is 0 Å². The van der Waals surface area contributed by atoms with Crippen LogP contribution in [0.4, 0.5) is 0 Å². The second-order valence-corrected chi connectivity index (χ2v) is 12.5. The van der Waals surface area contributed by atoms with Crippen LogP contribution in [0.15, 0.2) is 114 Å². The summed E-state index contributed by atoms with van der Waals surface area (Å²) in [6, 6.07) is 35.6. The SMILES string of the molecule is [2H]C([2H])([2H])c1c[c-]c(-c2ccc(C([2H])([2H])[2H])cn2)cc1.[2H]C([2H])([2H])c1cnc(-c2[c-]ccc3c2oc2cc4c(ccc5ccccc54)cc23)cc1C([2H])([2H])C(C)(C)C.[Ir]. The van der Waals surface area contributed by atoms with E-state index in [4.69, 9.17) is 19.5 Å². The standard InChI is InChI=1S/C31H26NO.C13H12N.Ir/c1-19-18-32-28(15-22(19)17-31(2,3)4)25-11-7-10-24-27-14-21-13-12-20-8-5-6-9-23(20)26(21)16-29(27)33-30(24)25;1-10-3-6-12(7-4-10)13-8-5-11(2)9-14-13;/h5-10,12-16,18H,17H2,1-4H3;3-6,8-9H,1-2H3;/q2*-1;/i1D3,17D2;1D3,2D3;. The van der Waals surface area contributed by atoms with Crippen LogP contribution in [0.25, 0.3) is 66.0 Å². The molecule has 0 amide bonds. The van der Waals surface area contributed by atoms with Gasteiger partial charge in [0, 0.05) is 53.0 Å². The summed E-state index contributed by atoms with van der Waals surface area (Å²) in [7, 11) is 0. The molecule has 0 N–H and O–H groups in total. The molecular formula is C44H38IrN2O-2. The predicted molar refractivity (Wildman–Crippen MR) is 197 cm³/mol. The largest absolute Gasteiger partial charge is 0.501 e. The molecule has 8 rings (SSSR count). The van der Waals surface area contributed by atoms with Crippen LogP contribution in [0.3, 0.4) is 0 Å². The number of benzene rings is 5. The Morgan fingerprint density at radius 3 is 2.29 bits per heavy atom. The maximum atomic E-state index is 8.85. The van der Waals surface area contributed by atoms with E-state index >= 15 is 0 Å². The number of aryl methyl sites for hydroxylation is 3. The predicted octanol–water partition coefficient (Wildman–Crippen LogP) is 11.8. The zero-order chi connectivity index (χ0) is 42.0. The molecule has 0 aliphatic rings. The maximum absolute atomic E-state index is 8.85. The summed E-state index contributed by atoms with van der Waals surface area (Å²) in [6.45, 7) is -1.56. The fourth-order valence-corrected chi connectivity index (χ4v) is 5.67. The van der Waals surface area contributed by atoms with Gasteiger partial charge in [-0.2, -0.15) is 0 Å². The Kier molecular flexibility index (Phi) is 6.20. The molecule has 3 heterocycles. The Morgan fingerprint density at radius 1 is 0.729 bits per heavy atom. The van der Waals surface area contributed by atoms with Crippen molar-refractivity contribution >= 4 is 43.5 Å². The number of pyridine rings is 2. The molecule has 0 saturated heterocycles. The zero-order valence-corrected chi connectivity index (χ0v) is 28.9. The molecule has 3 nitrogen and oxygen atoms in total. The summed E-state index contributed by atoms with van der Waals surface area (Å²) in [5.41, 5.74) is 3.02. The van der Waals surface area contributed by atoms with Crippen molar-refractivity contribution in [3.63, 3.8) is 0 Å². The van der Waals surface area contributed by atoms with Crippen molar-refractivity contribution in [2.45, 2.75) is 47.7 Å². The van der Waals surface area contributed by atoms with Crippen LogP contribution in [0.2, 0.25) is 0 Å². The van der Waals surface area contributed by atoms with Gasteiger partial charge in [0.1, 0.15) is 5.58 Å². The van der Waals surface area contributed by atoms with Gasteiger partial charge in [0.15, 0.2) is 0 Å². The van der Waals surface area contributed by atoms with Crippen LogP contribution < -0.4 is 0 Å². The molecule has 0 bridgehead atoms. The Morgan fingerprint density at radius 2 is 1.54 bits per heavy atom. The van der Waals surface area contributed by atoms with Gasteiger partial charge in [-0.15, -0.1) is 53.6 Å². The second-order valence-electron chi connectivity index (χ2n) is 12.5. The molecule has 4 heteroatoms. The van der Waals surface area contributed by atoms with Crippen LogP contribution in [-0.2, 0) is 26.5 Å². The zero-order valence-electron chi connectivity index (χ0n) is 37.5. The van der Waals surface area contributed by atoms with E-state index < -0.39 is 32.3 Å². The van der Waals surface area contributed by atoms with Crippen molar-refractivity contribution in [2.75, 3.05) is 0 Å². The molecule has 0 aliphatic heterocycles. The van der Waals surface area contributed by atoms with Gasteiger partial charge in [0.25, 0.3) is 0 Å². The van der Waals surface area contributed by atoms with Crippen LogP contribution >= 0.6 is 0 Å². The minimum absolute atomic E-state index is 0. The first kappa shape index (κ1) is 22.1. The fourth-order valence-electron chi connectivity index (χ4n) is 5.67. The summed E-state index contributed by atoms with van der Waals surface area (Å²) >= 11 is 0. The first-order valence-electron chi connectivity index (χ1n) is 20.7. The Bertz CT molecular complexity index is 2750. The normalized spacial score (nSPS) is 15.9. The number of hydrogen-bond acceptors (Lipinski definition) is 3. The van der Waals surface area contributed by atoms with Gasteiger partial charge in [0.05, 0.1) is 5.58 Å². The van der Waals surface area contributed by atoms with Crippen molar-refractivity contribution in [2.24, 2.45) is 5.41 Å². The number of aromatic nitrogens is 2. The molecule has 48 heavy (non-hydrogen) atoms. The van der Waals surface area contributed by atoms with Crippen LogP contribution in [-0.4, -0.2) is 9.97 Å². The van der Waals surface area contributed by atoms with E-state index in [2.05, 4.69) is 58.5 Å².